The van der Waals surface area contributed by atoms with Gasteiger partial charge in [0.1, 0.15) is 0 Å². The number of nitrogens with one attached hydrogen (secondary N) is 1. The van der Waals surface area contributed by atoms with E-state index in [-0.39, 0.29) is 5.69 Å². The SMILES string of the molecule is C/C(=N/NC(=O)c1cc(-c2ccccn2)nc2ccccc12)c1cccc([N+](=O)[O-])c1. The molecule has 2 heterocycles. The summed E-state index contributed by atoms with van der Waals surface area (Å²) in [6.45, 7) is 1.67. The summed E-state index contributed by atoms with van der Waals surface area (Å²) >= 11 is 0. The Morgan fingerprint density at radius 1 is 1.00 bits per heavy atom. The van der Waals surface area contributed by atoms with Gasteiger partial charge in [-0.2, -0.15) is 5.10 Å². The van der Waals surface area contributed by atoms with Crippen molar-refractivity contribution >= 4 is 28.2 Å². The zero-order valence-corrected chi connectivity index (χ0v) is 16.5. The molecule has 4 aromatic rings. The number of aromatic nitrogens is 2. The molecule has 0 aliphatic rings. The van der Waals surface area contributed by atoms with Gasteiger partial charge in [-0.3, -0.25) is 19.9 Å². The molecule has 0 atom stereocenters. The molecule has 0 bridgehead atoms. The Labute approximate surface area is 177 Å². The van der Waals surface area contributed by atoms with E-state index in [0.29, 0.717) is 39.1 Å². The minimum Gasteiger partial charge on any atom is -0.267 e. The van der Waals surface area contributed by atoms with Gasteiger partial charge in [-0.1, -0.05) is 36.4 Å². The van der Waals surface area contributed by atoms with E-state index in [4.69, 9.17) is 0 Å². The molecule has 1 amide bonds. The zero-order chi connectivity index (χ0) is 21.8. The Hall–Kier alpha value is -4.46. The zero-order valence-electron chi connectivity index (χ0n) is 16.5. The molecule has 0 aliphatic carbocycles. The fourth-order valence-electron chi connectivity index (χ4n) is 3.11. The Balaban J connectivity index is 1.68. The number of fused-ring (bicyclic) bond motifs is 1. The van der Waals surface area contributed by atoms with Crippen LogP contribution in [0.4, 0.5) is 5.69 Å². The van der Waals surface area contributed by atoms with Crippen LogP contribution < -0.4 is 5.43 Å². The minimum absolute atomic E-state index is 0.0430. The topological polar surface area (TPSA) is 110 Å². The van der Waals surface area contributed by atoms with Crippen molar-refractivity contribution in [1.29, 1.82) is 0 Å². The number of amides is 1. The summed E-state index contributed by atoms with van der Waals surface area (Å²) in [5.74, 6) is -0.416. The van der Waals surface area contributed by atoms with E-state index < -0.39 is 10.8 Å². The number of hydrogen-bond acceptors (Lipinski definition) is 6. The first-order valence-electron chi connectivity index (χ1n) is 9.43. The summed E-state index contributed by atoms with van der Waals surface area (Å²) in [5.41, 5.74) is 5.79. The van der Waals surface area contributed by atoms with E-state index in [1.165, 1.54) is 12.1 Å². The highest BCUT2D eigenvalue weighted by molar-refractivity contribution is 6.08. The number of hydrogen-bond donors (Lipinski definition) is 1. The molecule has 8 nitrogen and oxygen atoms in total. The van der Waals surface area contributed by atoms with E-state index >= 15 is 0 Å². The lowest BCUT2D eigenvalue weighted by atomic mass is 10.1. The molecule has 0 saturated heterocycles. The van der Waals surface area contributed by atoms with E-state index in [1.807, 2.05) is 42.5 Å². The first-order chi connectivity index (χ1) is 15.0. The molecule has 2 aromatic carbocycles. The number of benzene rings is 2. The van der Waals surface area contributed by atoms with Crippen LogP contribution in [0.2, 0.25) is 0 Å². The lowest BCUT2D eigenvalue weighted by Gasteiger charge is -2.09. The predicted molar refractivity (Wildman–Crippen MR) is 118 cm³/mol. The third-order valence-electron chi connectivity index (χ3n) is 4.69. The molecular weight excluding hydrogens is 394 g/mol. The third-order valence-corrected chi connectivity index (χ3v) is 4.69. The number of rotatable bonds is 5. The number of nitro groups is 1. The lowest BCUT2D eigenvalue weighted by Crippen LogP contribution is -2.20. The van der Waals surface area contributed by atoms with Gasteiger partial charge in [0.15, 0.2) is 0 Å². The smallest absolute Gasteiger partial charge is 0.267 e. The Morgan fingerprint density at radius 2 is 1.81 bits per heavy atom. The van der Waals surface area contributed by atoms with Crippen LogP contribution >= 0.6 is 0 Å². The second-order valence-electron chi connectivity index (χ2n) is 6.73. The lowest BCUT2D eigenvalue weighted by molar-refractivity contribution is -0.384. The van der Waals surface area contributed by atoms with E-state index in [2.05, 4.69) is 20.5 Å². The highest BCUT2D eigenvalue weighted by Crippen LogP contribution is 2.23. The van der Waals surface area contributed by atoms with Crippen molar-refractivity contribution in [3.05, 3.63) is 100 Å². The normalized spacial score (nSPS) is 11.3. The van der Waals surface area contributed by atoms with Gasteiger partial charge in [0.25, 0.3) is 11.6 Å². The summed E-state index contributed by atoms with van der Waals surface area (Å²) in [7, 11) is 0. The van der Waals surface area contributed by atoms with Gasteiger partial charge in [-0.25, -0.2) is 10.4 Å². The van der Waals surface area contributed by atoms with Gasteiger partial charge in [-0.05, 0) is 31.2 Å². The molecule has 0 aliphatic heterocycles. The summed E-state index contributed by atoms with van der Waals surface area (Å²) in [6.07, 6.45) is 1.67. The van der Waals surface area contributed by atoms with Gasteiger partial charge < -0.3 is 0 Å². The first-order valence-corrected chi connectivity index (χ1v) is 9.43. The first kappa shape index (κ1) is 19.8. The summed E-state index contributed by atoms with van der Waals surface area (Å²) in [5, 5.41) is 15.8. The Bertz CT molecular complexity index is 1320. The van der Waals surface area contributed by atoms with E-state index in [1.54, 1.807) is 31.3 Å². The number of carbonyl (C=O) groups excluding carboxylic acids is 1. The monoisotopic (exact) mass is 411 g/mol. The highest BCUT2D eigenvalue weighted by Gasteiger charge is 2.14. The number of para-hydroxylation sites is 1. The molecule has 0 fully saturated rings. The fraction of sp³-hybridized carbons (Fsp3) is 0.0435. The van der Waals surface area contributed by atoms with Crippen molar-refractivity contribution in [1.82, 2.24) is 15.4 Å². The number of nitro benzene ring substituents is 1. The van der Waals surface area contributed by atoms with E-state index in [0.717, 1.165) is 0 Å². The van der Waals surface area contributed by atoms with E-state index in [9.17, 15) is 14.9 Å². The predicted octanol–water partition coefficient (Wildman–Crippen LogP) is 4.36. The minimum atomic E-state index is -0.475. The summed E-state index contributed by atoms with van der Waals surface area (Å²) < 4.78 is 0. The fourth-order valence-corrected chi connectivity index (χ4v) is 3.11. The van der Waals surface area contributed by atoms with Crippen molar-refractivity contribution in [2.45, 2.75) is 6.92 Å². The van der Waals surface area contributed by atoms with Crippen LogP contribution in [0, 0.1) is 10.1 Å². The number of pyridine rings is 2. The van der Waals surface area contributed by atoms with Gasteiger partial charge in [0.2, 0.25) is 0 Å². The maximum atomic E-state index is 13.0. The average Bonchev–Trinajstić information content (AvgIpc) is 2.82. The highest BCUT2D eigenvalue weighted by atomic mass is 16.6. The summed E-state index contributed by atoms with van der Waals surface area (Å²) in [6, 6.07) is 20.6. The molecule has 1 N–H and O–H groups in total. The van der Waals surface area contributed by atoms with Crippen LogP contribution in [-0.4, -0.2) is 26.5 Å². The van der Waals surface area contributed by atoms with Crippen molar-refractivity contribution in [3.8, 4) is 11.4 Å². The molecule has 0 spiro atoms. The number of hydrazone groups is 1. The van der Waals surface area contributed by atoms with Gasteiger partial charge in [0.05, 0.1) is 33.1 Å². The van der Waals surface area contributed by atoms with Crippen molar-refractivity contribution in [3.63, 3.8) is 0 Å². The largest absolute Gasteiger partial charge is 0.272 e. The number of non-ortho nitro benzene ring substituents is 1. The molecule has 8 heteroatoms. The van der Waals surface area contributed by atoms with Gasteiger partial charge in [-0.15, -0.1) is 0 Å². The van der Waals surface area contributed by atoms with Crippen LogP contribution in [0.15, 0.2) is 84.1 Å². The second kappa shape index (κ2) is 8.50. The maximum absolute atomic E-state index is 13.0. The maximum Gasteiger partial charge on any atom is 0.272 e. The van der Waals surface area contributed by atoms with Crippen LogP contribution in [-0.2, 0) is 0 Å². The van der Waals surface area contributed by atoms with Gasteiger partial charge >= 0.3 is 0 Å². The van der Waals surface area contributed by atoms with Crippen LogP contribution in [0.5, 0.6) is 0 Å². The van der Waals surface area contributed by atoms with Gasteiger partial charge in [0, 0.05) is 29.3 Å². The van der Waals surface area contributed by atoms with Crippen molar-refractivity contribution in [2.75, 3.05) is 0 Å². The van der Waals surface area contributed by atoms with Crippen LogP contribution in [0.3, 0.4) is 0 Å². The van der Waals surface area contributed by atoms with Crippen LogP contribution in [0.25, 0.3) is 22.3 Å². The standard InChI is InChI=1S/C23H17N5O3/c1-15(16-7-6-8-17(13-16)28(30)31)26-27-23(29)19-14-22(21-11-4-5-12-24-21)25-20-10-3-2-9-18(19)20/h2-14H,1H3,(H,27,29)/b26-15-. The molecule has 2 aromatic heterocycles. The molecule has 0 saturated carbocycles. The Kier molecular flexibility index (Phi) is 5.44. The average molecular weight is 411 g/mol. The van der Waals surface area contributed by atoms with Crippen LogP contribution in [0.1, 0.15) is 22.8 Å². The quantitative estimate of drug-likeness (QED) is 0.298. The number of nitrogens with zero attached hydrogens (tertiary/aromatic N) is 4. The second-order valence-corrected chi connectivity index (χ2v) is 6.73. The van der Waals surface area contributed by atoms with Crippen molar-refractivity contribution < 1.29 is 9.72 Å². The third kappa shape index (κ3) is 4.27. The molecular formula is C23H17N5O3. The molecule has 31 heavy (non-hydrogen) atoms. The summed E-state index contributed by atoms with van der Waals surface area (Å²) in [4.78, 5) is 32.4. The molecule has 0 unspecified atom stereocenters. The number of carbonyl (C=O) groups is 1. The molecule has 0 radical (unpaired) electrons. The molecule has 152 valence electrons. The Morgan fingerprint density at radius 3 is 2.58 bits per heavy atom. The van der Waals surface area contributed by atoms with Crippen molar-refractivity contribution in [2.24, 2.45) is 5.10 Å². The molecule has 4 rings (SSSR count).